The molecule has 234 valence electrons. The fourth-order valence-electron chi connectivity index (χ4n) is 4.36. The van der Waals surface area contributed by atoms with Crippen LogP contribution in [0.3, 0.4) is 0 Å². The monoisotopic (exact) mass is 583 g/mol. The Morgan fingerprint density at radius 2 is 1.48 bits per heavy atom. The average molecular weight is 584 g/mol. The molecule has 0 spiro atoms. The number of allylic oxidation sites excluding steroid dienone is 6. The molecular formula is C35H53NO6. The smallest absolute Gasteiger partial charge is 0.339 e. The summed E-state index contributed by atoms with van der Waals surface area (Å²) in [5.74, 6) is -2.18. The van der Waals surface area contributed by atoms with Gasteiger partial charge in [-0.05, 0) is 69.4 Å². The van der Waals surface area contributed by atoms with E-state index in [1.165, 1.54) is 31.4 Å². The van der Waals surface area contributed by atoms with Crippen molar-refractivity contribution < 1.29 is 29.0 Å². The van der Waals surface area contributed by atoms with Crippen molar-refractivity contribution in [2.75, 3.05) is 6.61 Å². The van der Waals surface area contributed by atoms with Gasteiger partial charge in [-0.3, -0.25) is 4.79 Å². The minimum absolute atomic E-state index is 0.0447. The molecule has 2 unspecified atom stereocenters. The zero-order valence-corrected chi connectivity index (χ0v) is 26.2. The van der Waals surface area contributed by atoms with Crippen LogP contribution in [-0.4, -0.2) is 41.7 Å². The van der Waals surface area contributed by atoms with E-state index in [0.717, 1.165) is 44.9 Å². The van der Waals surface area contributed by atoms with Crippen LogP contribution >= 0.6 is 0 Å². The fourth-order valence-corrected chi connectivity index (χ4v) is 4.36. The van der Waals surface area contributed by atoms with E-state index in [2.05, 4.69) is 48.7 Å². The summed E-state index contributed by atoms with van der Waals surface area (Å²) in [6.45, 7) is 8.39. The number of carbonyl (C=O) groups is 3. The zero-order chi connectivity index (χ0) is 31.0. The van der Waals surface area contributed by atoms with Gasteiger partial charge in [0.1, 0.15) is 23.5 Å². The van der Waals surface area contributed by atoms with Gasteiger partial charge < -0.3 is 19.9 Å². The van der Waals surface area contributed by atoms with Gasteiger partial charge in [-0.2, -0.15) is 0 Å². The van der Waals surface area contributed by atoms with Crippen molar-refractivity contribution in [2.24, 2.45) is 5.92 Å². The molecule has 0 fully saturated rings. The SMILES string of the molecule is CC/C=C\C/C=C\C/C=C\CCCCCCCCOC(CC)C(=O)NC(CC(C)C)C(=O)Oc1ccccc1C(=O)O. The van der Waals surface area contributed by atoms with E-state index >= 15 is 0 Å². The summed E-state index contributed by atoms with van der Waals surface area (Å²) in [5, 5.41) is 12.1. The molecule has 1 aromatic carbocycles. The van der Waals surface area contributed by atoms with Crippen LogP contribution in [0.25, 0.3) is 0 Å². The number of para-hydroxylation sites is 1. The molecule has 7 heteroatoms. The van der Waals surface area contributed by atoms with Gasteiger partial charge in [0.15, 0.2) is 0 Å². The van der Waals surface area contributed by atoms with Crippen molar-refractivity contribution in [2.45, 2.75) is 117 Å². The molecule has 42 heavy (non-hydrogen) atoms. The first-order valence-corrected chi connectivity index (χ1v) is 15.7. The maximum Gasteiger partial charge on any atom is 0.339 e. The van der Waals surface area contributed by atoms with Crippen molar-refractivity contribution in [1.29, 1.82) is 0 Å². The minimum Gasteiger partial charge on any atom is -0.478 e. The number of carbonyl (C=O) groups excluding carboxylic acids is 2. The number of amides is 1. The largest absolute Gasteiger partial charge is 0.478 e. The predicted molar refractivity (Wildman–Crippen MR) is 170 cm³/mol. The molecule has 1 amide bonds. The third-order valence-electron chi connectivity index (χ3n) is 6.66. The van der Waals surface area contributed by atoms with Crippen LogP contribution in [0.15, 0.2) is 60.7 Å². The van der Waals surface area contributed by atoms with Gasteiger partial charge in [0.2, 0.25) is 5.91 Å². The number of carboxylic acids is 1. The Hall–Kier alpha value is -3.19. The molecule has 0 heterocycles. The van der Waals surface area contributed by atoms with Gasteiger partial charge in [0.25, 0.3) is 0 Å². The Balaban J connectivity index is 2.33. The van der Waals surface area contributed by atoms with E-state index in [4.69, 9.17) is 9.47 Å². The van der Waals surface area contributed by atoms with Gasteiger partial charge in [0, 0.05) is 6.61 Å². The van der Waals surface area contributed by atoms with Gasteiger partial charge in [-0.25, -0.2) is 9.59 Å². The lowest BCUT2D eigenvalue weighted by atomic mass is 10.0. The molecule has 2 N–H and O–H groups in total. The predicted octanol–water partition coefficient (Wildman–Crippen LogP) is 8.21. The van der Waals surface area contributed by atoms with Crippen LogP contribution in [0, 0.1) is 5.92 Å². The molecule has 1 aromatic rings. The maximum atomic E-state index is 13.0. The second-order valence-electron chi connectivity index (χ2n) is 10.9. The summed E-state index contributed by atoms with van der Waals surface area (Å²) in [4.78, 5) is 37.3. The molecule has 0 aliphatic rings. The lowest BCUT2D eigenvalue weighted by molar-refractivity contribution is -0.143. The van der Waals surface area contributed by atoms with Crippen LogP contribution in [0.5, 0.6) is 5.75 Å². The van der Waals surface area contributed by atoms with Crippen LogP contribution in [0.2, 0.25) is 0 Å². The average Bonchev–Trinajstić information content (AvgIpc) is 2.96. The van der Waals surface area contributed by atoms with E-state index in [1.807, 2.05) is 20.8 Å². The molecule has 0 radical (unpaired) electrons. The number of carboxylic acid groups (broad SMARTS) is 1. The lowest BCUT2D eigenvalue weighted by Crippen LogP contribution is -2.48. The topological polar surface area (TPSA) is 102 Å². The third kappa shape index (κ3) is 16.9. The first-order chi connectivity index (χ1) is 20.3. The van der Waals surface area contributed by atoms with Crippen molar-refractivity contribution in [1.82, 2.24) is 5.32 Å². The van der Waals surface area contributed by atoms with Crippen molar-refractivity contribution in [3.05, 3.63) is 66.3 Å². The number of aromatic carboxylic acids is 1. The van der Waals surface area contributed by atoms with E-state index < -0.39 is 24.1 Å². The molecule has 0 aliphatic heterocycles. The summed E-state index contributed by atoms with van der Waals surface area (Å²) >= 11 is 0. The Labute approximate surface area is 253 Å². The Kier molecular flexibility index (Phi) is 20.5. The quantitative estimate of drug-likeness (QED) is 0.0583. The summed E-state index contributed by atoms with van der Waals surface area (Å²) in [6, 6.07) is 5.05. The number of benzene rings is 1. The summed E-state index contributed by atoms with van der Waals surface area (Å²) < 4.78 is 11.3. The van der Waals surface area contributed by atoms with Crippen LogP contribution in [0.4, 0.5) is 0 Å². The van der Waals surface area contributed by atoms with Gasteiger partial charge in [0.05, 0.1) is 0 Å². The highest BCUT2D eigenvalue weighted by Gasteiger charge is 2.28. The number of ether oxygens (including phenoxy) is 2. The highest BCUT2D eigenvalue weighted by atomic mass is 16.5. The number of rotatable bonds is 23. The number of esters is 1. The molecular weight excluding hydrogens is 530 g/mol. The van der Waals surface area contributed by atoms with Gasteiger partial charge >= 0.3 is 11.9 Å². The molecule has 0 saturated heterocycles. The first kappa shape index (κ1) is 36.8. The summed E-state index contributed by atoms with van der Waals surface area (Å²) in [5.41, 5.74) is -0.110. The second-order valence-corrected chi connectivity index (χ2v) is 10.9. The molecule has 0 bridgehead atoms. The van der Waals surface area contributed by atoms with Crippen LogP contribution in [0.1, 0.15) is 115 Å². The molecule has 1 rings (SSSR count). The third-order valence-corrected chi connectivity index (χ3v) is 6.66. The second kappa shape index (κ2) is 23.4. The Bertz CT molecular complexity index is 997. The highest BCUT2D eigenvalue weighted by Crippen LogP contribution is 2.19. The highest BCUT2D eigenvalue weighted by molar-refractivity contribution is 5.93. The molecule has 0 aromatic heterocycles. The fraction of sp³-hybridized carbons (Fsp3) is 0.571. The Morgan fingerprint density at radius 1 is 0.857 bits per heavy atom. The number of nitrogens with one attached hydrogen (secondary N) is 1. The van der Waals surface area contributed by atoms with Crippen molar-refractivity contribution in [3.63, 3.8) is 0 Å². The van der Waals surface area contributed by atoms with Crippen LogP contribution < -0.4 is 10.1 Å². The number of hydrogen-bond acceptors (Lipinski definition) is 5. The standard InChI is InChI=1S/C35H53NO6/c1-5-7-8-9-10-11-12-13-14-15-16-17-18-19-20-23-26-41-31(6-2)33(37)36-30(27-28(3)4)35(40)42-32-25-22-21-24-29(32)34(38)39/h7-8,10-11,13-14,21-22,24-25,28,30-31H,5-6,9,12,15-20,23,26-27H2,1-4H3,(H,36,37)(H,38,39)/b8-7-,11-10-,14-13-. The zero-order valence-electron chi connectivity index (χ0n) is 26.2. The van der Waals surface area contributed by atoms with Crippen molar-refractivity contribution in [3.8, 4) is 5.75 Å². The van der Waals surface area contributed by atoms with Gasteiger partial charge in [-0.1, -0.05) is 102 Å². The van der Waals surface area contributed by atoms with E-state index in [0.29, 0.717) is 19.4 Å². The van der Waals surface area contributed by atoms with E-state index in [-0.39, 0.29) is 23.1 Å². The molecule has 0 saturated carbocycles. The lowest BCUT2D eigenvalue weighted by Gasteiger charge is -2.23. The normalized spacial score (nSPS) is 13.3. The van der Waals surface area contributed by atoms with E-state index in [9.17, 15) is 19.5 Å². The van der Waals surface area contributed by atoms with Crippen LogP contribution in [-0.2, 0) is 14.3 Å². The molecule has 7 nitrogen and oxygen atoms in total. The molecule has 2 atom stereocenters. The van der Waals surface area contributed by atoms with Gasteiger partial charge in [-0.15, -0.1) is 0 Å². The molecule has 0 aliphatic carbocycles. The van der Waals surface area contributed by atoms with Crippen molar-refractivity contribution >= 4 is 17.8 Å². The summed E-state index contributed by atoms with van der Waals surface area (Å²) in [7, 11) is 0. The first-order valence-electron chi connectivity index (χ1n) is 15.7. The van der Waals surface area contributed by atoms with E-state index in [1.54, 1.807) is 12.1 Å². The minimum atomic E-state index is -1.19. The maximum absolute atomic E-state index is 13.0. The Morgan fingerprint density at radius 3 is 2.12 bits per heavy atom. The summed E-state index contributed by atoms with van der Waals surface area (Å²) in [6.07, 6.45) is 24.4. The number of hydrogen-bond donors (Lipinski definition) is 2. The number of unbranched alkanes of at least 4 members (excludes halogenated alkanes) is 6.